The number of hydrogen-bond acceptors (Lipinski definition) is 7. The van der Waals surface area contributed by atoms with E-state index in [1.807, 2.05) is 4.90 Å². The van der Waals surface area contributed by atoms with Crippen LogP contribution >= 0.6 is 0 Å². The van der Waals surface area contributed by atoms with Gasteiger partial charge in [0.2, 0.25) is 0 Å². The number of fused-ring (bicyclic) bond motifs is 2. The van der Waals surface area contributed by atoms with Crippen molar-refractivity contribution in [2.75, 3.05) is 37.6 Å². The Morgan fingerprint density at radius 1 is 0.978 bits per heavy atom. The third-order valence-electron chi connectivity index (χ3n) is 10.6. The molecule has 0 radical (unpaired) electrons. The fourth-order valence-corrected chi connectivity index (χ4v) is 8.22. The van der Waals surface area contributed by atoms with Crippen LogP contribution in [0.4, 0.5) is 23.2 Å². The number of aromatic nitrogens is 4. The van der Waals surface area contributed by atoms with Crippen molar-refractivity contribution in [2.45, 2.75) is 70.6 Å². The lowest BCUT2D eigenvalue weighted by molar-refractivity contribution is -0.139. The van der Waals surface area contributed by atoms with Crippen LogP contribution in [0.15, 0.2) is 42.9 Å². The van der Waals surface area contributed by atoms with Gasteiger partial charge in [0.1, 0.15) is 11.3 Å². The number of rotatable bonds is 7. The van der Waals surface area contributed by atoms with E-state index in [2.05, 4.69) is 32.0 Å². The monoisotopic (exact) mass is 636 g/mol. The highest BCUT2D eigenvalue weighted by molar-refractivity contribution is 5.83. The lowest BCUT2D eigenvalue weighted by atomic mass is 9.64. The minimum Gasteiger partial charge on any atom is -0.490 e. The van der Waals surface area contributed by atoms with Gasteiger partial charge in [0, 0.05) is 30.4 Å². The Labute approximate surface area is 267 Å². The van der Waals surface area contributed by atoms with Crippen molar-refractivity contribution in [3.8, 4) is 17.0 Å². The van der Waals surface area contributed by atoms with Gasteiger partial charge in [-0.05, 0) is 119 Å². The first-order valence-electron chi connectivity index (χ1n) is 16.6. The molecule has 0 N–H and O–H groups in total. The van der Waals surface area contributed by atoms with Crippen molar-refractivity contribution in [1.29, 1.82) is 0 Å². The number of anilines is 1. The highest BCUT2D eigenvalue weighted by atomic mass is 19.4. The van der Waals surface area contributed by atoms with Gasteiger partial charge in [-0.1, -0.05) is 6.92 Å². The van der Waals surface area contributed by atoms with E-state index in [4.69, 9.17) is 4.74 Å². The Bertz CT molecular complexity index is 1560. The lowest BCUT2D eigenvalue weighted by Gasteiger charge is -2.49. The van der Waals surface area contributed by atoms with E-state index < -0.39 is 17.6 Å². The molecule has 244 valence electrons. The topological polar surface area (TPSA) is 67.3 Å². The number of hydrogen-bond donors (Lipinski definition) is 0. The third kappa shape index (κ3) is 6.35. The number of ether oxygens (including phenoxy) is 1. The van der Waals surface area contributed by atoms with Gasteiger partial charge in [-0.3, -0.25) is 0 Å². The Morgan fingerprint density at radius 2 is 1.76 bits per heavy atom. The highest BCUT2D eigenvalue weighted by Gasteiger charge is 2.45. The Balaban J connectivity index is 1.29. The molecule has 0 unspecified atom stereocenters. The molecule has 2 saturated heterocycles. The van der Waals surface area contributed by atoms with Crippen LogP contribution in [0.2, 0.25) is 0 Å². The predicted molar refractivity (Wildman–Crippen MR) is 169 cm³/mol. The highest BCUT2D eigenvalue weighted by Crippen LogP contribution is 2.51. The first kappa shape index (κ1) is 31.0. The molecule has 1 aromatic carbocycles. The standard InChI is InChI=1S/C35H40F4N6O/c1-2-44-14-9-34(10-15-44)8-3-13-45(22-34)32-25(20-28(36)33-40-11-7-29(43-33)26-6-12-41-42-21-26)4-5-30(31(32)35(37,38)39)46-27-18-23-16-24(17-23)19-27/h4-7,11-12,20-21,23-24,27H,2-3,8-10,13-19,22H2,1H3/b28-20-. The number of likely N-dealkylation sites (tertiary alicyclic amines) is 1. The van der Waals surface area contributed by atoms with Crippen molar-refractivity contribution in [3.63, 3.8) is 0 Å². The summed E-state index contributed by atoms with van der Waals surface area (Å²) in [4.78, 5) is 12.7. The van der Waals surface area contributed by atoms with Crippen LogP contribution in [0.5, 0.6) is 5.75 Å². The normalized spacial score (nSPS) is 24.9. The van der Waals surface area contributed by atoms with E-state index >= 15 is 17.6 Å². The Morgan fingerprint density at radius 3 is 2.46 bits per heavy atom. The fraction of sp³-hybridized carbons (Fsp3) is 0.543. The molecule has 2 bridgehead atoms. The fourth-order valence-electron chi connectivity index (χ4n) is 8.22. The molecule has 2 aromatic heterocycles. The van der Waals surface area contributed by atoms with E-state index in [1.165, 1.54) is 24.7 Å². The molecule has 7 nitrogen and oxygen atoms in total. The largest absolute Gasteiger partial charge is 0.490 e. The van der Waals surface area contributed by atoms with Gasteiger partial charge < -0.3 is 14.5 Å². The third-order valence-corrected chi connectivity index (χ3v) is 10.6. The van der Waals surface area contributed by atoms with Crippen LogP contribution in [0, 0.1) is 17.3 Å². The zero-order chi connectivity index (χ0) is 31.9. The summed E-state index contributed by atoms with van der Waals surface area (Å²) in [6.07, 6.45) is 8.11. The van der Waals surface area contributed by atoms with E-state index in [0.29, 0.717) is 36.2 Å². The number of benzene rings is 1. The summed E-state index contributed by atoms with van der Waals surface area (Å²) in [6.45, 7) is 5.94. The summed E-state index contributed by atoms with van der Waals surface area (Å²) < 4.78 is 68.0. The van der Waals surface area contributed by atoms with E-state index in [1.54, 1.807) is 18.2 Å². The molecule has 3 aromatic rings. The number of nitrogens with zero attached hydrogens (tertiary/aromatic N) is 6. The minimum atomic E-state index is -4.70. The maximum atomic E-state index is 16.0. The lowest BCUT2D eigenvalue weighted by Crippen LogP contribution is -2.50. The van der Waals surface area contributed by atoms with E-state index in [-0.39, 0.29) is 34.3 Å². The van der Waals surface area contributed by atoms with Crippen LogP contribution in [0.3, 0.4) is 0 Å². The smallest absolute Gasteiger partial charge is 0.421 e. The van der Waals surface area contributed by atoms with E-state index in [0.717, 1.165) is 77.1 Å². The second-order valence-electron chi connectivity index (χ2n) is 13.6. The zero-order valence-corrected chi connectivity index (χ0v) is 26.1. The van der Waals surface area contributed by atoms with Crippen LogP contribution in [0.1, 0.15) is 75.2 Å². The first-order valence-corrected chi connectivity index (χ1v) is 16.6. The molecule has 0 atom stereocenters. The molecule has 11 heteroatoms. The minimum absolute atomic E-state index is 0.00685. The molecule has 0 amide bonds. The molecule has 46 heavy (non-hydrogen) atoms. The summed E-state index contributed by atoms with van der Waals surface area (Å²) >= 11 is 0. The van der Waals surface area contributed by atoms with Gasteiger partial charge in [-0.2, -0.15) is 23.4 Å². The number of halogens is 4. The van der Waals surface area contributed by atoms with Crippen molar-refractivity contribution >= 4 is 17.6 Å². The predicted octanol–water partition coefficient (Wildman–Crippen LogP) is 7.69. The first-order chi connectivity index (χ1) is 22.2. The summed E-state index contributed by atoms with van der Waals surface area (Å²) in [6, 6.07) is 6.27. The molecule has 3 aliphatic carbocycles. The van der Waals surface area contributed by atoms with Crippen molar-refractivity contribution in [1.82, 2.24) is 25.1 Å². The summed E-state index contributed by atoms with van der Waals surface area (Å²) in [5, 5.41) is 7.62. The Hall–Kier alpha value is -3.60. The van der Waals surface area contributed by atoms with Gasteiger partial charge in [0.25, 0.3) is 0 Å². The van der Waals surface area contributed by atoms with Crippen molar-refractivity contribution < 1.29 is 22.3 Å². The second-order valence-corrected chi connectivity index (χ2v) is 13.6. The Kier molecular flexibility index (Phi) is 8.46. The average molecular weight is 637 g/mol. The van der Waals surface area contributed by atoms with Gasteiger partial charge in [-0.25, -0.2) is 14.4 Å². The van der Waals surface area contributed by atoms with Crippen LogP contribution in [-0.2, 0) is 6.18 Å². The molecule has 2 aliphatic heterocycles. The summed E-state index contributed by atoms with van der Waals surface area (Å²) in [5.74, 6) is -0.123. The van der Waals surface area contributed by atoms with Crippen LogP contribution < -0.4 is 9.64 Å². The average Bonchev–Trinajstić information content (AvgIpc) is 3.05. The quantitative estimate of drug-likeness (QED) is 0.247. The van der Waals surface area contributed by atoms with E-state index in [9.17, 15) is 0 Å². The van der Waals surface area contributed by atoms with Gasteiger partial charge in [0.15, 0.2) is 11.7 Å². The van der Waals surface area contributed by atoms with Crippen LogP contribution in [0.25, 0.3) is 23.2 Å². The number of piperidine rings is 2. The maximum absolute atomic E-state index is 16.0. The molecule has 5 aliphatic rings. The molecule has 4 heterocycles. The van der Waals surface area contributed by atoms with Crippen molar-refractivity contribution in [3.05, 3.63) is 59.8 Å². The molecular weight excluding hydrogens is 596 g/mol. The summed E-state index contributed by atoms with van der Waals surface area (Å²) in [7, 11) is 0. The molecule has 8 rings (SSSR count). The van der Waals surface area contributed by atoms with Crippen LogP contribution in [-0.4, -0.2) is 63.9 Å². The SMILES string of the molecule is CCN1CCC2(CCCN(c3c(/C=C(\F)c4nccc(-c5ccnnc5)n4)ccc(OC4CC5CC(C5)C4)c3C(F)(F)F)C2)CC1. The number of alkyl halides is 3. The molecule has 1 spiro atoms. The molecule has 5 fully saturated rings. The molecule has 3 saturated carbocycles. The second kappa shape index (κ2) is 12.5. The zero-order valence-electron chi connectivity index (χ0n) is 26.1. The van der Waals surface area contributed by atoms with Gasteiger partial charge in [-0.15, -0.1) is 0 Å². The van der Waals surface area contributed by atoms with Crippen molar-refractivity contribution in [2.24, 2.45) is 17.3 Å². The van der Waals surface area contributed by atoms with Gasteiger partial charge >= 0.3 is 6.18 Å². The van der Waals surface area contributed by atoms with Gasteiger partial charge in [0.05, 0.1) is 29.9 Å². The maximum Gasteiger partial charge on any atom is 0.421 e. The molecular formula is C35H40F4N6O. The summed E-state index contributed by atoms with van der Waals surface area (Å²) in [5.41, 5.74) is 0.309.